The number of aliphatic imine (C=N–C) groups is 1. The molecular weight excluding hydrogens is 286 g/mol. The number of rotatable bonds is 6. The van der Waals surface area contributed by atoms with Crippen LogP contribution in [0.2, 0.25) is 0 Å². The molecule has 0 aromatic carbocycles. The summed E-state index contributed by atoms with van der Waals surface area (Å²) in [5, 5.41) is 0. The molecule has 2 rings (SSSR count). The number of hydrogen-bond acceptors (Lipinski definition) is 6. The van der Waals surface area contributed by atoms with E-state index in [1.807, 2.05) is 24.1 Å². The molecule has 21 heavy (non-hydrogen) atoms. The Balaban J connectivity index is 1.93. The van der Waals surface area contributed by atoms with Gasteiger partial charge in [0.2, 0.25) is 0 Å². The van der Waals surface area contributed by atoms with Crippen molar-refractivity contribution in [1.29, 1.82) is 0 Å². The molecule has 6 heteroatoms. The molecule has 0 aromatic rings. The third-order valence-corrected chi connectivity index (χ3v) is 4.61. The monoisotopic (exact) mass is 311 g/mol. The third kappa shape index (κ3) is 4.02. The fourth-order valence-electron chi connectivity index (χ4n) is 2.34. The minimum Gasteiger partial charge on any atom is -0.378 e. The van der Waals surface area contributed by atoms with Gasteiger partial charge in [-0.15, -0.1) is 11.8 Å². The smallest absolute Gasteiger partial charge is 0.145 e. The maximum absolute atomic E-state index is 5.99. The highest BCUT2D eigenvalue weighted by Crippen LogP contribution is 2.30. The summed E-state index contributed by atoms with van der Waals surface area (Å²) >= 11 is 1.78. The molecule has 0 aromatic heterocycles. The Kier molecular flexibility index (Phi) is 6.14. The van der Waals surface area contributed by atoms with Crippen LogP contribution < -0.4 is 0 Å². The second kappa shape index (κ2) is 7.87. The van der Waals surface area contributed by atoms with Crippen LogP contribution >= 0.6 is 11.8 Å². The molecule has 1 fully saturated rings. The number of nitrogens with zero attached hydrogens (tertiary/aromatic N) is 3. The lowest BCUT2D eigenvalue weighted by Crippen LogP contribution is -2.37. The van der Waals surface area contributed by atoms with Crippen LogP contribution in [-0.4, -0.2) is 59.4 Å². The van der Waals surface area contributed by atoms with Gasteiger partial charge in [0.25, 0.3) is 0 Å². The first-order valence-corrected chi connectivity index (χ1v) is 8.58. The summed E-state index contributed by atoms with van der Waals surface area (Å²) in [4.78, 5) is 8.82. The SMILES string of the molecule is C=C1N=C(N(CC)CC)C=CN1[C@H]1CS[C@@H](COCC)O1. The molecule has 118 valence electrons. The topological polar surface area (TPSA) is 37.3 Å². The largest absolute Gasteiger partial charge is 0.378 e. The number of likely N-dealkylation sites (N-methyl/N-ethyl adjacent to an activating group) is 1. The molecule has 2 aliphatic rings. The van der Waals surface area contributed by atoms with Crippen LogP contribution in [0, 0.1) is 0 Å². The van der Waals surface area contributed by atoms with Gasteiger partial charge in [0, 0.05) is 31.6 Å². The van der Waals surface area contributed by atoms with Crippen molar-refractivity contribution < 1.29 is 9.47 Å². The number of ether oxygens (including phenoxy) is 2. The first-order chi connectivity index (χ1) is 10.2. The van der Waals surface area contributed by atoms with Crippen molar-refractivity contribution in [3.63, 3.8) is 0 Å². The predicted molar refractivity (Wildman–Crippen MR) is 88.1 cm³/mol. The van der Waals surface area contributed by atoms with E-state index in [0.717, 1.165) is 37.1 Å². The molecule has 0 aliphatic carbocycles. The van der Waals surface area contributed by atoms with E-state index in [4.69, 9.17) is 9.47 Å². The zero-order valence-corrected chi connectivity index (χ0v) is 13.9. The molecule has 0 radical (unpaired) electrons. The Bertz CT molecular complexity index is 421. The Morgan fingerprint density at radius 1 is 1.48 bits per heavy atom. The quantitative estimate of drug-likeness (QED) is 0.753. The molecule has 2 heterocycles. The predicted octanol–water partition coefficient (Wildman–Crippen LogP) is 2.48. The fraction of sp³-hybridized carbons (Fsp3) is 0.667. The summed E-state index contributed by atoms with van der Waals surface area (Å²) in [5.41, 5.74) is 0.101. The standard InChI is InChI=1S/C15H25N3O2S/c1-5-17(6-2)13-8-9-18(12(4)16-13)14-11-21-15(20-14)10-19-7-3/h8-9,14-15H,4-7,10-11H2,1-3H3/t14-,15+/m1/s1. The average Bonchev–Trinajstić information content (AvgIpc) is 2.95. The lowest BCUT2D eigenvalue weighted by Gasteiger charge is -2.31. The van der Waals surface area contributed by atoms with Crippen molar-refractivity contribution in [3.8, 4) is 0 Å². The second-order valence-electron chi connectivity index (χ2n) is 4.79. The van der Waals surface area contributed by atoms with Gasteiger partial charge in [-0.1, -0.05) is 6.58 Å². The van der Waals surface area contributed by atoms with Crippen molar-refractivity contribution >= 4 is 17.6 Å². The molecule has 0 N–H and O–H groups in total. The van der Waals surface area contributed by atoms with Crippen LogP contribution in [0.25, 0.3) is 0 Å². The number of amidine groups is 1. The highest BCUT2D eigenvalue weighted by Gasteiger charge is 2.31. The van der Waals surface area contributed by atoms with Gasteiger partial charge in [0.15, 0.2) is 0 Å². The summed E-state index contributed by atoms with van der Waals surface area (Å²) in [6.07, 6.45) is 4.05. The van der Waals surface area contributed by atoms with Crippen molar-refractivity contribution in [2.24, 2.45) is 4.99 Å². The average molecular weight is 311 g/mol. The molecule has 0 amide bonds. The molecule has 0 bridgehead atoms. The lowest BCUT2D eigenvalue weighted by molar-refractivity contribution is -0.0370. The Labute approximate surface area is 131 Å². The van der Waals surface area contributed by atoms with Gasteiger partial charge in [0.05, 0.1) is 6.61 Å². The first-order valence-electron chi connectivity index (χ1n) is 7.53. The lowest BCUT2D eigenvalue weighted by atomic mass is 10.3. The molecule has 0 saturated carbocycles. The van der Waals surface area contributed by atoms with E-state index in [9.17, 15) is 0 Å². The van der Waals surface area contributed by atoms with Crippen molar-refractivity contribution in [1.82, 2.24) is 9.80 Å². The fourth-order valence-corrected chi connectivity index (χ4v) is 3.35. The van der Waals surface area contributed by atoms with E-state index in [-0.39, 0.29) is 11.7 Å². The minimum absolute atomic E-state index is 0.00814. The first kappa shape index (κ1) is 16.4. The normalized spacial score (nSPS) is 25.4. The van der Waals surface area contributed by atoms with Crippen LogP contribution in [0.5, 0.6) is 0 Å². The summed E-state index contributed by atoms with van der Waals surface area (Å²) < 4.78 is 11.4. The van der Waals surface area contributed by atoms with Crippen LogP contribution in [0.4, 0.5) is 0 Å². The van der Waals surface area contributed by atoms with Gasteiger partial charge in [0.1, 0.15) is 23.3 Å². The second-order valence-corrected chi connectivity index (χ2v) is 5.99. The summed E-state index contributed by atoms with van der Waals surface area (Å²) in [6.45, 7) is 13.6. The van der Waals surface area contributed by atoms with E-state index in [1.165, 1.54) is 0 Å². The van der Waals surface area contributed by atoms with Gasteiger partial charge in [-0.3, -0.25) is 0 Å². The Morgan fingerprint density at radius 3 is 2.86 bits per heavy atom. The van der Waals surface area contributed by atoms with Gasteiger partial charge in [-0.2, -0.15) is 0 Å². The molecule has 1 saturated heterocycles. The highest BCUT2D eigenvalue weighted by atomic mass is 32.2. The van der Waals surface area contributed by atoms with Crippen LogP contribution in [0.1, 0.15) is 20.8 Å². The van der Waals surface area contributed by atoms with E-state index >= 15 is 0 Å². The van der Waals surface area contributed by atoms with Gasteiger partial charge in [-0.05, 0) is 26.8 Å². The van der Waals surface area contributed by atoms with Crippen LogP contribution in [0.3, 0.4) is 0 Å². The van der Waals surface area contributed by atoms with E-state index < -0.39 is 0 Å². The zero-order valence-electron chi connectivity index (χ0n) is 13.1. The van der Waals surface area contributed by atoms with Crippen molar-refractivity contribution in [2.75, 3.05) is 32.1 Å². The maximum atomic E-state index is 5.99. The third-order valence-electron chi connectivity index (χ3n) is 3.52. The molecule has 0 spiro atoms. The van der Waals surface area contributed by atoms with Gasteiger partial charge in [-0.25, -0.2) is 4.99 Å². The molecule has 2 atom stereocenters. The maximum Gasteiger partial charge on any atom is 0.145 e. The molecular formula is C15H25N3O2S. The summed E-state index contributed by atoms with van der Waals surface area (Å²) in [7, 11) is 0. The Morgan fingerprint density at radius 2 is 2.24 bits per heavy atom. The van der Waals surface area contributed by atoms with E-state index in [1.54, 1.807) is 11.8 Å². The summed E-state index contributed by atoms with van der Waals surface area (Å²) in [5.74, 6) is 2.61. The Hall–Kier alpha value is -0.980. The number of thioether (sulfide) groups is 1. The van der Waals surface area contributed by atoms with E-state index in [0.29, 0.717) is 6.61 Å². The van der Waals surface area contributed by atoms with Crippen molar-refractivity contribution in [2.45, 2.75) is 32.4 Å². The molecule has 5 nitrogen and oxygen atoms in total. The van der Waals surface area contributed by atoms with Crippen LogP contribution in [0.15, 0.2) is 29.7 Å². The minimum atomic E-state index is -0.00814. The van der Waals surface area contributed by atoms with Gasteiger partial charge < -0.3 is 19.3 Å². The highest BCUT2D eigenvalue weighted by molar-refractivity contribution is 8.00. The van der Waals surface area contributed by atoms with E-state index in [2.05, 4.69) is 30.3 Å². The zero-order chi connectivity index (χ0) is 15.2. The summed E-state index contributed by atoms with van der Waals surface area (Å²) in [6, 6.07) is 0. The van der Waals surface area contributed by atoms with Crippen LogP contribution in [-0.2, 0) is 9.47 Å². The van der Waals surface area contributed by atoms with Gasteiger partial charge >= 0.3 is 0 Å². The van der Waals surface area contributed by atoms with Crippen molar-refractivity contribution in [3.05, 3.63) is 24.7 Å². The molecule has 0 unspecified atom stereocenters. The number of hydrogen-bond donors (Lipinski definition) is 0. The molecule has 2 aliphatic heterocycles.